The van der Waals surface area contributed by atoms with Crippen molar-refractivity contribution in [2.75, 3.05) is 37.0 Å². The summed E-state index contributed by atoms with van der Waals surface area (Å²) in [5.41, 5.74) is 1.98. The molecule has 174 valence electrons. The SMILES string of the molecule is CC.COc1cc(N2CCc3nc(NC(=O)C4CCN(C(C)=O)CC4)sc3C2)cnc1Cl. The highest BCUT2D eigenvalue weighted by Crippen LogP contribution is 2.33. The van der Waals surface area contributed by atoms with E-state index in [1.165, 1.54) is 11.3 Å². The van der Waals surface area contributed by atoms with Gasteiger partial charge in [0.1, 0.15) is 0 Å². The van der Waals surface area contributed by atoms with Gasteiger partial charge in [-0.3, -0.25) is 9.59 Å². The molecular weight excluding hydrogens is 450 g/mol. The van der Waals surface area contributed by atoms with Crippen molar-refractivity contribution in [3.05, 3.63) is 28.0 Å². The van der Waals surface area contributed by atoms with E-state index in [1.54, 1.807) is 25.1 Å². The molecule has 32 heavy (non-hydrogen) atoms. The minimum Gasteiger partial charge on any atom is -0.493 e. The molecule has 4 heterocycles. The standard InChI is InChI=1S/C20H24ClN5O3S.C2H6/c1-12(27)25-6-3-13(4-7-25)19(28)24-20-23-15-5-8-26(11-17(15)30-20)14-9-16(29-2)18(21)22-10-14;1-2/h9-10,13H,3-8,11H2,1-2H3,(H,23,24,28);1-2H3. The maximum atomic E-state index is 12.7. The zero-order chi connectivity index (χ0) is 23.3. The number of rotatable bonds is 4. The van der Waals surface area contributed by atoms with Gasteiger partial charge in [0.2, 0.25) is 11.8 Å². The van der Waals surface area contributed by atoms with E-state index >= 15 is 0 Å². The number of halogens is 1. The fourth-order valence-electron chi connectivity index (χ4n) is 3.87. The van der Waals surface area contributed by atoms with Crippen molar-refractivity contribution in [3.8, 4) is 5.75 Å². The number of aromatic nitrogens is 2. The van der Waals surface area contributed by atoms with Gasteiger partial charge in [0.25, 0.3) is 0 Å². The molecular formula is C22H30ClN5O3S. The summed E-state index contributed by atoms with van der Waals surface area (Å²) < 4.78 is 5.27. The summed E-state index contributed by atoms with van der Waals surface area (Å²) in [4.78, 5) is 38.1. The number of pyridine rings is 1. The number of hydrogen-bond acceptors (Lipinski definition) is 7. The first kappa shape index (κ1) is 24.3. The van der Waals surface area contributed by atoms with Gasteiger partial charge in [0, 0.05) is 49.8 Å². The Hall–Kier alpha value is -2.39. The molecule has 0 spiro atoms. The number of piperidine rings is 1. The number of carbonyl (C=O) groups excluding carboxylic acids is 2. The van der Waals surface area contributed by atoms with Gasteiger partial charge in [-0.15, -0.1) is 0 Å². The summed E-state index contributed by atoms with van der Waals surface area (Å²) in [5.74, 6) is 0.533. The Morgan fingerprint density at radius 1 is 1.25 bits per heavy atom. The van der Waals surface area contributed by atoms with Crippen LogP contribution in [-0.4, -0.2) is 53.4 Å². The van der Waals surface area contributed by atoms with Crippen LogP contribution in [0.25, 0.3) is 0 Å². The van der Waals surface area contributed by atoms with Gasteiger partial charge >= 0.3 is 0 Å². The number of thiazole rings is 1. The molecule has 0 unspecified atom stereocenters. The first-order chi connectivity index (χ1) is 15.4. The molecule has 1 fully saturated rings. The van der Waals surface area contributed by atoms with Gasteiger partial charge in [-0.05, 0) is 12.8 Å². The van der Waals surface area contributed by atoms with Crippen molar-refractivity contribution >= 4 is 45.6 Å². The molecule has 2 aromatic heterocycles. The number of methoxy groups -OCH3 is 1. The van der Waals surface area contributed by atoms with E-state index in [-0.39, 0.29) is 17.7 Å². The second-order valence-electron chi connectivity index (χ2n) is 7.52. The monoisotopic (exact) mass is 479 g/mol. The number of anilines is 2. The predicted octanol–water partition coefficient (Wildman–Crippen LogP) is 3.99. The average Bonchev–Trinajstić information content (AvgIpc) is 3.22. The Morgan fingerprint density at radius 3 is 2.62 bits per heavy atom. The lowest BCUT2D eigenvalue weighted by molar-refractivity contribution is -0.132. The van der Waals surface area contributed by atoms with Crippen molar-refractivity contribution in [1.29, 1.82) is 0 Å². The van der Waals surface area contributed by atoms with E-state index in [9.17, 15) is 9.59 Å². The van der Waals surface area contributed by atoms with E-state index in [0.717, 1.165) is 29.2 Å². The van der Waals surface area contributed by atoms with E-state index in [2.05, 4.69) is 20.2 Å². The number of nitrogens with one attached hydrogen (secondary N) is 1. The van der Waals surface area contributed by atoms with Crippen LogP contribution in [0.15, 0.2) is 12.3 Å². The van der Waals surface area contributed by atoms with E-state index < -0.39 is 0 Å². The lowest BCUT2D eigenvalue weighted by Crippen LogP contribution is -2.40. The molecule has 0 atom stereocenters. The molecule has 4 rings (SSSR count). The normalized spacial score (nSPS) is 16.0. The Morgan fingerprint density at radius 2 is 1.97 bits per heavy atom. The summed E-state index contributed by atoms with van der Waals surface area (Å²) in [7, 11) is 1.57. The van der Waals surface area contributed by atoms with Crippen molar-refractivity contribution < 1.29 is 14.3 Å². The quantitative estimate of drug-likeness (QED) is 0.667. The number of fused-ring (bicyclic) bond motifs is 1. The van der Waals surface area contributed by atoms with E-state index in [4.69, 9.17) is 16.3 Å². The highest BCUT2D eigenvalue weighted by molar-refractivity contribution is 7.15. The molecule has 2 amide bonds. The van der Waals surface area contributed by atoms with Gasteiger partial charge in [-0.2, -0.15) is 0 Å². The summed E-state index contributed by atoms with van der Waals surface area (Å²) in [5, 5.41) is 3.98. The van der Waals surface area contributed by atoms with Crippen LogP contribution in [0.5, 0.6) is 5.75 Å². The molecule has 1 N–H and O–H groups in total. The number of nitrogens with zero attached hydrogens (tertiary/aromatic N) is 4. The van der Waals surface area contributed by atoms with Crippen LogP contribution in [0.4, 0.5) is 10.8 Å². The molecule has 0 aliphatic carbocycles. The molecule has 0 radical (unpaired) electrons. The number of ether oxygens (including phenoxy) is 1. The fourth-order valence-corrected chi connectivity index (χ4v) is 5.07. The van der Waals surface area contributed by atoms with Crippen LogP contribution in [-0.2, 0) is 22.6 Å². The van der Waals surface area contributed by atoms with Gasteiger partial charge in [-0.25, -0.2) is 9.97 Å². The maximum Gasteiger partial charge on any atom is 0.229 e. The van der Waals surface area contributed by atoms with Crippen molar-refractivity contribution in [3.63, 3.8) is 0 Å². The molecule has 1 saturated heterocycles. The van der Waals surface area contributed by atoms with Crippen molar-refractivity contribution in [2.24, 2.45) is 5.92 Å². The minimum absolute atomic E-state index is 0.00667. The Kier molecular flexibility index (Phi) is 8.31. The van der Waals surface area contributed by atoms with Gasteiger partial charge in [0.05, 0.1) is 31.2 Å². The van der Waals surface area contributed by atoms with Gasteiger partial charge < -0.3 is 19.9 Å². The second-order valence-corrected chi connectivity index (χ2v) is 8.96. The summed E-state index contributed by atoms with van der Waals surface area (Å²) in [6.07, 6.45) is 3.92. The Bertz CT molecular complexity index is 959. The Labute approximate surface area is 197 Å². The number of hydrogen-bond donors (Lipinski definition) is 1. The van der Waals surface area contributed by atoms with Crippen LogP contribution >= 0.6 is 22.9 Å². The smallest absolute Gasteiger partial charge is 0.229 e. The third-order valence-electron chi connectivity index (χ3n) is 5.65. The summed E-state index contributed by atoms with van der Waals surface area (Å²) in [6, 6.07) is 1.89. The molecule has 2 aliphatic rings. The molecule has 10 heteroatoms. The molecule has 2 aromatic rings. The lowest BCUT2D eigenvalue weighted by atomic mass is 9.96. The highest BCUT2D eigenvalue weighted by Gasteiger charge is 2.28. The number of likely N-dealkylation sites (tertiary alicyclic amines) is 1. The molecule has 0 saturated carbocycles. The van der Waals surface area contributed by atoms with Crippen LogP contribution in [0, 0.1) is 5.92 Å². The third kappa shape index (κ3) is 5.50. The zero-order valence-corrected chi connectivity index (χ0v) is 20.6. The fraction of sp³-hybridized carbons (Fsp3) is 0.545. The molecule has 0 aromatic carbocycles. The largest absolute Gasteiger partial charge is 0.493 e. The second kappa shape index (κ2) is 11.0. The summed E-state index contributed by atoms with van der Waals surface area (Å²) >= 11 is 7.55. The third-order valence-corrected chi connectivity index (χ3v) is 6.93. The van der Waals surface area contributed by atoms with E-state index in [0.29, 0.717) is 48.5 Å². The first-order valence-electron chi connectivity index (χ1n) is 10.9. The molecule has 2 aliphatic heterocycles. The lowest BCUT2D eigenvalue weighted by Gasteiger charge is -2.30. The van der Waals surface area contributed by atoms with Gasteiger partial charge in [-0.1, -0.05) is 36.8 Å². The number of amides is 2. The topological polar surface area (TPSA) is 87.7 Å². The van der Waals surface area contributed by atoms with Crippen molar-refractivity contribution in [2.45, 2.75) is 46.6 Å². The molecule has 8 nitrogen and oxygen atoms in total. The highest BCUT2D eigenvalue weighted by atomic mass is 35.5. The van der Waals surface area contributed by atoms with Crippen LogP contribution < -0.4 is 15.0 Å². The average molecular weight is 480 g/mol. The molecule has 0 bridgehead atoms. The van der Waals surface area contributed by atoms with Crippen LogP contribution in [0.1, 0.15) is 44.2 Å². The Balaban J connectivity index is 0.00000141. The summed E-state index contributed by atoms with van der Waals surface area (Å²) in [6.45, 7) is 8.34. The van der Waals surface area contributed by atoms with Crippen LogP contribution in [0.3, 0.4) is 0 Å². The van der Waals surface area contributed by atoms with E-state index in [1.807, 2.05) is 19.9 Å². The number of carbonyl (C=O) groups is 2. The minimum atomic E-state index is -0.0781. The van der Waals surface area contributed by atoms with Crippen molar-refractivity contribution in [1.82, 2.24) is 14.9 Å². The van der Waals surface area contributed by atoms with Crippen LogP contribution in [0.2, 0.25) is 5.15 Å². The zero-order valence-electron chi connectivity index (χ0n) is 19.0. The maximum absolute atomic E-state index is 12.7. The first-order valence-corrected chi connectivity index (χ1v) is 12.1. The van der Waals surface area contributed by atoms with Gasteiger partial charge in [0.15, 0.2) is 16.0 Å². The predicted molar refractivity (Wildman–Crippen MR) is 128 cm³/mol.